The van der Waals surface area contributed by atoms with Gasteiger partial charge in [0, 0.05) is 20.5 Å². The molecule has 0 radical (unpaired) electrons. The molecule has 4 nitrogen and oxygen atoms in total. The largest absolute Gasteiger partial charge is 0.452 e. The van der Waals surface area contributed by atoms with Gasteiger partial charge in [0.05, 0.1) is 5.41 Å². The summed E-state index contributed by atoms with van der Waals surface area (Å²) >= 11 is 0. The summed E-state index contributed by atoms with van der Waals surface area (Å²) in [5.74, 6) is -0.460. The molecule has 1 aliphatic rings. The van der Waals surface area contributed by atoms with Gasteiger partial charge in [0.2, 0.25) is 0 Å². The van der Waals surface area contributed by atoms with Gasteiger partial charge in [-0.05, 0) is 13.3 Å². The van der Waals surface area contributed by atoms with E-state index < -0.39 is 11.5 Å². The maximum atomic E-state index is 11.6. The second kappa shape index (κ2) is 4.04. The summed E-state index contributed by atoms with van der Waals surface area (Å²) in [6.07, 6.45) is 2.04. The zero-order valence-electron chi connectivity index (χ0n) is 9.45. The Labute approximate surface area is 89.9 Å². The number of carbonyl (C=O) groups excluding carboxylic acids is 2. The van der Waals surface area contributed by atoms with Crippen LogP contribution in [0.25, 0.3) is 0 Å². The summed E-state index contributed by atoms with van der Waals surface area (Å²) in [6, 6.07) is 0. The summed E-state index contributed by atoms with van der Waals surface area (Å²) in [4.78, 5) is 24.6. The standard InChI is InChI=1S/C11H17NO3/c1-5-6-11(2)7-8(15-10(11)14)9(13)12(3)4/h5,8H,1,6-7H2,2-4H3/t8?,11-/m0/s1. The molecule has 1 amide bonds. The molecule has 1 fully saturated rings. The van der Waals surface area contributed by atoms with Gasteiger partial charge in [0.15, 0.2) is 6.10 Å². The highest BCUT2D eigenvalue weighted by Crippen LogP contribution is 2.37. The summed E-state index contributed by atoms with van der Waals surface area (Å²) in [7, 11) is 3.30. The zero-order chi connectivity index (χ0) is 11.6. The molecule has 15 heavy (non-hydrogen) atoms. The van der Waals surface area contributed by atoms with Crippen molar-refractivity contribution in [3.05, 3.63) is 12.7 Å². The van der Waals surface area contributed by atoms with Crippen molar-refractivity contribution in [2.75, 3.05) is 14.1 Å². The summed E-state index contributed by atoms with van der Waals surface area (Å²) in [5.41, 5.74) is -0.585. The van der Waals surface area contributed by atoms with Crippen molar-refractivity contribution in [2.45, 2.75) is 25.9 Å². The van der Waals surface area contributed by atoms with Crippen molar-refractivity contribution in [1.82, 2.24) is 4.90 Å². The number of nitrogens with zero attached hydrogens (tertiary/aromatic N) is 1. The van der Waals surface area contributed by atoms with Crippen LogP contribution in [0.2, 0.25) is 0 Å². The lowest BCUT2D eigenvalue weighted by Gasteiger charge is -2.16. The van der Waals surface area contributed by atoms with Crippen LogP contribution in [0.15, 0.2) is 12.7 Å². The van der Waals surface area contributed by atoms with E-state index in [0.29, 0.717) is 12.8 Å². The first-order chi connectivity index (χ1) is 6.90. The molecular formula is C11H17NO3. The van der Waals surface area contributed by atoms with Gasteiger partial charge in [-0.1, -0.05) is 6.08 Å². The molecule has 2 atom stereocenters. The molecule has 4 heteroatoms. The van der Waals surface area contributed by atoms with Gasteiger partial charge in [-0.2, -0.15) is 0 Å². The average Bonchev–Trinajstić information content (AvgIpc) is 2.42. The minimum atomic E-state index is -0.627. The van der Waals surface area contributed by atoms with Crippen molar-refractivity contribution in [1.29, 1.82) is 0 Å². The van der Waals surface area contributed by atoms with Crippen LogP contribution in [-0.2, 0) is 14.3 Å². The Morgan fingerprint density at radius 1 is 1.73 bits per heavy atom. The monoisotopic (exact) mass is 211 g/mol. The van der Waals surface area contributed by atoms with Crippen LogP contribution in [0.4, 0.5) is 0 Å². The summed E-state index contributed by atoms with van der Waals surface area (Å²) < 4.78 is 5.07. The number of hydrogen-bond donors (Lipinski definition) is 0. The van der Waals surface area contributed by atoms with Crippen molar-refractivity contribution in [3.8, 4) is 0 Å². The normalized spacial score (nSPS) is 29.8. The Balaban J connectivity index is 2.75. The Morgan fingerprint density at radius 3 is 2.80 bits per heavy atom. The Hall–Kier alpha value is -1.32. The van der Waals surface area contributed by atoms with E-state index in [9.17, 15) is 9.59 Å². The molecule has 0 aromatic rings. The van der Waals surface area contributed by atoms with Gasteiger partial charge >= 0.3 is 5.97 Å². The quantitative estimate of drug-likeness (QED) is 0.516. The highest BCUT2D eigenvalue weighted by Gasteiger charge is 2.47. The SMILES string of the molecule is C=CC[C@@]1(C)CC(C(=O)N(C)C)OC1=O. The summed E-state index contributed by atoms with van der Waals surface area (Å²) in [6.45, 7) is 5.41. The number of cyclic esters (lactones) is 1. The Morgan fingerprint density at radius 2 is 2.33 bits per heavy atom. The van der Waals surface area contributed by atoms with Crippen LogP contribution < -0.4 is 0 Å². The van der Waals surface area contributed by atoms with Crippen LogP contribution >= 0.6 is 0 Å². The topological polar surface area (TPSA) is 46.6 Å². The maximum Gasteiger partial charge on any atom is 0.313 e. The van der Waals surface area contributed by atoms with Crippen molar-refractivity contribution >= 4 is 11.9 Å². The van der Waals surface area contributed by atoms with Crippen LogP contribution in [0, 0.1) is 5.41 Å². The number of allylic oxidation sites excluding steroid dienone is 1. The zero-order valence-corrected chi connectivity index (χ0v) is 9.45. The second-order valence-corrected chi connectivity index (χ2v) is 4.38. The number of hydrogen-bond acceptors (Lipinski definition) is 3. The van der Waals surface area contributed by atoms with Crippen molar-refractivity contribution < 1.29 is 14.3 Å². The van der Waals surface area contributed by atoms with Gasteiger partial charge in [0.1, 0.15) is 0 Å². The molecule has 0 N–H and O–H groups in total. The molecule has 0 spiro atoms. The lowest BCUT2D eigenvalue weighted by Crippen LogP contribution is -2.33. The first-order valence-corrected chi connectivity index (χ1v) is 4.94. The van der Waals surface area contributed by atoms with E-state index in [-0.39, 0.29) is 11.9 Å². The number of rotatable bonds is 3. The van der Waals surface area contributed by atoms with Crippen molar-refractivity contribution in [3.63, 3.8) is 0 Å². The molecule has 1 rings (SSSR count). The molecule has 0 aliphatic carbocycles. The lowest BCUT2D eigenvalue weighted by atomic mass is 9.83. The molecule has 0 saturated carbocycles. The fourth-order valence-electron chi connectivity index (χ4n) is 1.72. The Kier molecular flexibility index (Phi) is 3.17. The summed E-state index contributed by atoms with van der Waals surface area (Å²) in [5, 5.41) is 0. The molecule has 1 unspecified atom stereocenters. The van der Waals surface area contributed by atoms with Crippen molar-refractivity contribution in [2.24, 2.45) is 5.41 Å². The van der Waals surface area contributed by atoms with Crippen LogP contribution in [-0.4, -0.2) is 37.0 Å². The van der Waals surface area contributed by atoms with E-state index in [2.05, 4.69) is 6.58 Å². The fraction of sp³-hybridized carbons (Fsp3) is 0.636. The molecule has 0 aromatic heterocycles. The average molecular weight is 211 g/mol. The van der Waals surface area contributed by atoms with Gasteiger partial charge < -0.3 is 9.64 Å². The number of carbonyl (C=O) groups is 2. The van der Waals surface area contributed by atoms with Crippen LogP contribution in [0.3, 0.4) is 0 Å². The predicted octanol–water partition coefficient (Wildman–Crippen LogP) is 0.973. The minimum Gasteiger partial charge on any atom is -0.452 e. The number of likely N-dealkylation sites (N-methyl/N-ethyl adjacent to an activating group) is 1. The molecule has 1 heterocycles. The minimum absolute atomic E-state index is 0.156. The predicted molar refractivity (Wildman–Crippen MR) is 56.1 cm³/mol. The van der Waals surface area contributed by atoms with E-state index in [0.717, 1.165) is 0 Å². The molecule has 0 aromatic carbocycles. The van der Waals surface area contributed by atoms with Gasteiger partial charge in [-0.3, -0.25) is 9.59 Å². The first-order valence-electron chi connectivity index (χ1n) is 4.94. The molecule has 84 valence electrons. The maximum absolute atomic E-state index is 11.6. The number of esters is 1. The van der Waals surface area contributed by atoms with Gasteiger partial charge in [0.25, 0.3) is 5.91 Å². The van der Waals surface area contributed by atoms with E-state index >= 15 is 0 Å². The molecule has 1 aliphatic heterocycles. The first kappa shape index (κ1) is 11.8. The second-order valence-electron chi connectivity index (χ2n) is 4.38. The number of ether oxygens (including phenoxy) is 1. The highest BCUT2D eigenvalue weighted by molar-refractivity contribution is 5.89. The third kappa shape index (κ3) is 2.19. The van der Waals surface area contributed by atoms with E-state index in [1.807, 2.05) is 0 Å². The smallest absolute Gasteiger partial charge is 0.313 e. The van der Waals surface area contributed by atoms with Gasteiger partial charge in [-0.15, -0.1) is 6.58 Å². The van der Waals surface area contributed by atoms with Crippen LogP contribution in [0.5, 0.6) is 0 Å². The van der Waals surface area contributed by atoms with E-state index in [1.165, 1.54) is 4.90 Å². The third-order valence-corrected chi connectivity index (χ3v) is 2.69. The Bertz CT molecular complexity index is 298. The highest BCUT2D eigenvalue weighted by atomic mass is 16.6. The molecular weight excluding hydrogens is 194 g/mol. The third-order valence-electron chi connectivity index (χ3n) is 2.69. The van der Waals surface area contributed by atoms with Crippen LogP contribution in [0.1, 0.15) is 19.8 Å². The van der Waals surface area contributed by atoms with E-state index in [4.69, 9.17) is 4.74 Å². The van der Waals surface area contributed by atoms with Gasteiger partial charge in [-0.25, -0.2) is 0 Å². The molecule has 1 saturated heterocycles. The lowest BCUT2D eigenvalue weighted by molar-refractivity contribution is -0.154. The fourth-order valence-corrected chi connectivity index (χ4v) is 1.72. The number of amides is 1. The molecule has 0 bridgehead atoms. The van der Waals surface area contributed by atoms with E-state index in [1.54, 1.807) is 27.1 Å².